The molecule has 1 saturated heterocycles. The Morgan fingerprint density at radius 3 is 2.61 bits per heavy atom. The zero-order valence-corrected chi connectivity index (χ0v) is 14.4. The number of pyridine rings is 1. The monoisotopic (exact) mass is 340 g/mol. The topological polar surface area (TPSA) is 91.4 Å². The fourth-order valence-electron chi connectivity index (χ4n) is 2.64. The number of amides is 2. The molecule has 8 heteroatoms. The predicted molar refractivity (Wildman–Crippen MR) is 91.6 cm³/mol. The SMILES string of the molecule is CCN(CC)c1ccc(NC(=O)NCC2CCS(=O)(=O)C2)cn1. The Morgan fingerprint density at radius 1 is 1.35 bits per heavy atom. The van der Waals surface area contributed by atoms with E-state index >= 15 is 0 Å². The number of anilines is 2. The Labute approximate surface area is 137 Å². The first kappa shape index (κ1) is 17.5. The fraction of sp³-hybridized carbons (Fsp3) is 0.600. The van der Waals surface area contributed by atoms with Crippen LogP contribution in [0.3, 0.4) is 0 Å². The van der Waals surface area contributed by atoms with E-state index < -0.39 is 9.84 Å². The van der Waals surface area contributed by atoms with Crippen LogP contribution in [0, 0.1) is 5.92 Å². The van der Waals surface area contributed by atoms with Gasteiger partial charge in [-0.15, -0.1) is 0 Å². The molecular weight excluding hydrogens is 316 g/mol. The molecule has 1 fully saturated rings. The molecule has 1 aromatic rings. The highest BCUT2D eigenvalue weighted by Gasteiger charge is 2.27. The largest absolute Gasteiger partial charge is 0.357 e. The average molecular weight is 340 g/mol. The number of rotatable bonds is 6. The molecule has 2 rings (SSSR count). The van der Waals surface area contributed by atoms with Crippen molar-refractivity contribution >= 4 is 27.4 Å². The summed E-state index contributed by atoms with van der Waals surface area (Å²) in [5.74, 6) is 1.26. The van der Waals surface area contributed by atoms with E-state index in [9.17, 15) is 13.2 Å². The van der Waals surface area contributed by atoms with Crippen molar-refractivity contribution < 1.29 is 13.2 Å². The second-order valence-electron chi connectivity index (χ2n) is 5.68. The van der Waals surface area contributed by atoms with Crippen LogP contribution in [0.2, 0.25) is 0 Å². The van der Waals surface area contributed by atoms with Crippen LogP contribution in [0.15, 0.2) is 18.3 Å². The summed E-state index contributed by atoms with van der Waals surface area (Å²) >= 11 is 0. The Balaban J connectivity index is 1.81. The lowest BCUT2D eigenvalue weighted by Gasteiger charge is -2.19. The number of sulfone groups is 1. The van der Waals surface area contributed by atoms with Crippen LogP contribution < -0.4 is 15.5 Å². The van der Waals surface area contributed by atoms with Crippen LogP contribution in [-0.4, -0.2) is 50.6 Å². The second-order valence-corrected chi connectivity index (χ2v) is 7.91. The quantitative estimate of drug-likeness (QED) is 0.818. The normalized spacial score (nSPS) is 19.3. The van der Waals surface area contributed by atoms with Crippen molar-refractivity contribution in [1.82, 2.24) is 10.3 Å². The molecule has 0 aliphatic carbocycles. The number of hydrogen-bond acceptors (Lipinski definition) is 5. The van der Waals surface area contributed by atoms with Crippen molar-refractivity contribution in [2.24, 2.45) is 5.92 Å². The summed E-state index contributed by atoms with van der Waals surface area (Å²) in [6.45, 7) is 6.25. The molecule has 1 aromatic heterocycles. The maximum atomic E-state index is 11.9. The summed E-state index contributed by atoms with van der Waals surface area (Å²) in [6.07, 6.45) is 2.23. The molecule has 0 spiro atoms. The lowest BCUT2D eigenvalue weighted by atomic mass is 10.1. The first-order valence-electron chi connectivity index (χ1n) is 7.89. The maximum absolute atomic E-state index is 11.9. The number of aromatic nitrogens is 1. The Morgan fingerprint density at radius 2 is 2.09 bits per heavy atom. The van der Waals surface area contributed by atoms with Gasteiger partial charge >= 0.3 is 6.03 Å². The van der Waals surface area contributed by atoms with Crippen LogP contribution >= 0.6 is 0 Å². The van der Waals surface area contributed by atoms with E-state index in [4.69, 9.17) is 0 Å². The van der Waals surface area contributed by atoms with Gasteiger partial charge in [0.2, 0.25) is 0 Å². The van der Waals surface area contributed by atoms with Crippen molar-refractivity contribution in [2.75, 3.05) is 41.4 Å². The molecule has 1 aliphatic rings. The second kappa shape index (κ2) is 7.63. The van der Waals surface area contributed by atoms with Gasteiger partial charge in [-0.05, 0) is 38.3 Å². The molecule has 2 N–H and O–H groups in total. The van der Waals surface area contributed by atoms with E-state index in [1.54, 1.807) is 12.3 Å². The summed E-state index contributed by atoms with van der Waals surface area (Å²) in [5.41, 5.74) is 0.609. The van der Waals surface area contributed by atoms with E-state index in [2.05, 4.69) is 34.4 Å². The van der Waals surface area contributed by atoms with Gasteiger partial charge in [0.05, 0.1) is 23.4 Å². The maximum Gasteiger partial charge on any atom is 0.319 e. The van der Waals surface area contributed by atoms with Crippen molar-refractivity contribution in [3.8, 4) is 0 Å². The summed E-state index contributed by atoms with van der Waals surface area (Å²) in [4.78, 5) is 18.3. The smallest absolute Gasteiger partial charge is 0.319 e. The fourth-order valence-corrected chi connectivity index (χ4v) is 4.50. The van der Waals surface area contributed by atoms with Crippen LogP contribution in [-0.2, 0) is 9.84 Å². The van der Waals surface area contributed by atoms with Gasteiger partial charge in [0, 0.05) is 19.6 Å². The average Bonchev–Trinajstić information content (AvgIpc) is 2.87. The van der Waals surface area contributed by atoms with E-state index in [-0.39, 0.29) is 23.5 Å². The summed E-state index contributed by atoms with van der Waals surface area (Å²) in [7, 11) is -2.91. The zero-order chi connectivity index (χ0) is 16.9. The Kier molecular flexibility index (Phi) is 5.81. The van der Waals surface area contributed by atoms with E-state index in [0.717, 1.165) is 18.9 Å². The lowest BCUT2D eigenvalue weighted by Crippen LogP contribution is -2.33. The third-order valence-corrected chi connectivity index (χ3v) is 5.81. The molecule has 2 heterocycles. The van der Waals surface area contributed by atoms with Gasteiger partial charge < -0.3 is 15.5 Å². The van der Waals surface area contributed by atoms with Gasteiger partial charge in [0.25, 0.3) is 0 Å². The molecule has 7 nitrogen and oxygen atoms in total. The molecule has 0 saturated carbocycles. The number of carbonyl (C=O) groups excluding carboxylic acids is 1. The van der Waals surface area contributed by atoms with Crippen molar-refractivity contribution in [3.63, 3.8) is 0 Å². The number of carbonyl (C=O) groups is 1. The highest BCUT2D eigenvalue weighted by atomic mass is 32.2. The molecule has 2 amide bonds. The third kappa shape index (κ3) is 5.09. The minimum atomic E-state index is -2.91. The predicted octanol–water partition coefficient (Wildman–Crippen LogP) is 1.48. The number of nitrogens with zero attached hydrogens (tertiary/aromatic N) is 2. The van der Waals surface area contributed by atoms with Crippen LogP contribution in [0.4, 0.5) is 16.3 Å². The number of urea groups is 1. The molecule has 1 atom stereocenters. The molecular formula is C15H24N4O3S. The molecule has 128 valence electrons. The van der Waals surface area contributed by atoms with Crippen LogP contribution in [0.5, 0.6) is 0 Å². The van der Waals surface area contributed by atoms with Crippen molar-refractivity contribution in [1.29, 1.82) is 0 Å². The number of nitrogens with one attached hydrogen (secondary N) is 2. The van der Waals surface area contributed by atoms with Gasteiger partial charge in [-0.3, -0.25) is 0 Å². The van der Waals surface area contributed by atoms with Crippen molar-refractivity contribution in [2.45, 2.75) is 20.3 Å². The molecule has 0 aromatic carbocycles. The highest BCUT2D eigenvalue weighted by molar-refractivity contribution is 7.91. The Bertz CT molecular complexity index is 627. The molecule has 1 aliphatic heterocycles. The van der Waals surface area contributed by atoms with Crippen LogP contribution in [0.1, 0.15) is 20.3 Å². The van der Waals surface area contributed by atoms with E-state index in [0.29, 0.717) is 18.7 Å². The van der Waals surface area contributed by atoms with Gasteiger partial charge in [0.1, 0.15) is 5.82 Å². The minimum absolute atomic E-state index is 0.00826. The summed E-state index contributed by atoms with van der Waals surface area (Å²) < 4.78 is 22.7. The van der Waals surface area contributed by atoms with E-state index in [1.165, 1.54) is 0 Å². The zero-order valence-electron chi connectivity index (χ0n) is 13.6. The van der Waals surface area contributed by atoms with Crippen molar-refractivity contribution in [3.05, 3.63) is 18.3 Å². The molecule has 0 radical (unpaired) electrons. The van der Waals surface area contributed by atoms with Gasteiger partial charge in [-0.2, -0.15) is 0 Å². The summed E-state index contributed by atoms with van der Waals surface area (Å²) in [5, 5.41) is 5.43. The molecule has 0 bridgehead atoms. The lowest BCUT2D eigenvalue weighted by molar-refractivity contribution is 0.250. The third-order valence-electron chi connectivity index (χ3n) is 3.97. The van der Waals surface area contributed by atoms with Gasteiger partial charge in [0.15, 0.2) is 9.84 Å². The van der Waals surface area contributed by atoms with Gasteiger partial charge in [-0.25, -0.2) is 18.2 Å². The van der Waals surface area contributed by atoms with Crippen LogP contribution in [0.25, 0.3) is 0 Å². The first-order chi connectivity index (χ1) is 10.9. The number of hydrogen-bond donors (Lipinski definition) is 2. The standard InChI is InChI=1S/C15H24N4O3S/c1-3-19(4-2)14-6-5-13(10-16-14)18-15(20)17-9-12-7-8-23(21,22)11-12/h5-6,10,12H,3-4,7-9,11H2,1-2H3,(H2,17,18,20). The van der Waals surface area contributed by atoms with Gasteiger partial charge in [-0.1, -0.05) is 0 Å². The molecule has 1 unspecified atom stereocenters. The molecule has 23 heavy (non-hydrogen) atoms. The summed E-state index contributed by atoms with van der Waals surface area (Å²) in [6, 6.07) is 3.33. The minimum Gasteiger partial charge on any atom is -0.357 e. The van der Waals surface area contributed by atoms with E-state index in [1.807, 2.05) is 6.07 Å². The first-order valence-corrected chi connectivity index (χ1v) is 9.72. The highest BCUT2D eigenvalue weighted by Crippen LogP contribution is 2.17. The Hall–Kier alpha value is -1.83.